The number of amides is 4. The van der Waals surface area contributed by atoms with Crippen LogP contribution in [0, 0.1) is 23.2 Å². The maximum absolute atomic E-state index is 11.8. The van der Waals surface area contributed by atoms with E-state index in [0.717, 1.165) is 87.4 Å². The number of nitrogen functional groups attached to an aromatic ring is 2. The molecule has 2 saturated carbocycles. The highest BCUT2D eigenvalue weighted by Gasteiger charge is 2.31. The van der Waals surface area contributed by atoms with Gasteiger partial charge in [0.2, 0.25) is 11.8 Å². The van der Waals surface area contributed by atoms with Crippen molar-refractivity contribution in [1.29, 1.82) is 5.26 Å². The van der Waals surface area contributed by atoms with E-state index >= 15 is 0 Å². The number of carbonyl (C=O) groups is 4. The van der Waals surface area contributed by atoms with E-state index in [2.05, 4.69) is 47.3 Å². The van der Waals surface area contributed by atoms with Crippen molar-refractivity contribution in [2.75, 3.05) is 22.1 Å². The molecule has 80 heavy (non-hydrogen) atoms. The Labute approximate surface area is 481 Å². The zero-order chi connectivity index (χ0) is 57.4. The molecule has 22 heteroatoms. The van der Waals surface area contributed by atoms with Gasteiger partial charge in [-0.2, -0.15) is 5.26 Å². The molecule has 416 valence electrons. The minimum absolute atomic E-state index is 0.0643. The molecule has 10 rings (SSSR count). The van der Waals surface area contributed by atoms with Gasteiger partial charge in [-0.1, -0.05) is 84.9 Å². The summed E-state index contributed by atoms with van der Waals surface area (Å²) in [5, 5.41) is 29.9. The van der Waals surface area contributed by atoms with E-state index in [4.69, 9.17) is 31.9 Å². The van der Waals surface area contributed by atoms with Crippen LogP contribution in [0.1, 0.15) is 89.5 Å². The average Bonchev–Trinajstić information content (AvgIpc) is 4.27. The second kappa shape index (κ2) is 27.7. The van der Waals surface area contributed by atoms with Crippen LogP contribution in [-0.4, -0.2) is 55.1 Å². The number of nitriles is 1. The number of alkyl carbamates (subject to hydrolysis) is 2. The van der Waals surface area contributed by atoms with Crippen LogP contribution in [0.2, 0.25) is 0 Å². The van der Waals surface area contributed by atoms with Crippen LogP contribution in [0.4, 0.5) is 30.1 Å². The number of anilines is 4. The largest absolute Gasteiger partial charge is 0.444 e. The Morgan fingerprint density at radius 3 is 1.15 bits per heavy atom. The molecule has 2 aliphatic carbocycles. The molecule has 0 saturated heterocycles. The van der Waals surface area contributed by atoms with Crippen LogP contribution in [0.25, 0.3) is 45.0 Å². The highest BCUT2D eigenvalue weighted by Crippen LogP contribution is 2.33. The molecule has 18 nitrogen and oxygen atoms in total. The fraction of sp³-hybridized carbons (Fsp3) is 0.293. The van der Waals surface area contributed by atoms with E-state index in [1.165, 1.54) is 45.3 Å². The van der Waals surface area contributed by atoms with Crippen molar-refractivity contribution in [3.05, 3.63) is 141 Å². The number of hydrogen-bond donors (Lipinski definition) is 7. The molecule has 2 fully saturated rings. The first-order valence-corrected chi connectivity index (χ1v) is 29.1. The minimum atomic E-state index is -0.509. The first-order valence-electron chi connectivity index (χ1n) is 25.6. The Kier molecular flexibility index (Phi) is 20.6. The van der Waals surface area contributed by atoms with Gasteiger partial charge in [0.25, 0.3) is 0 Å². The Bertz CT molecular complexity index is 3360. The normalized spacial score (nSPS) is 12.6. The van der Waals surface area contributed by atoms with Gasteiger partial charge < -0.3 is 47.9 Å². The minimum Gasteiger partial charge on any atom is -0.444 e. The van der Waals surface area contributed by atoms with Gasteiger partial charge in [0.1, 0.15) is 11.2 Å². The Hall–Kier alpha value is -8.07. The molecular formula is C58H64N12O6S4. The lowest BCUT2D eigenvalue weighted by atomic mass is 10.1. The summed E-state index contributed by atoms with van der Waals surface area (Å²) in [5.41, 5.74) is 26.9. The number of benzene rings is 4. The lowest BCUT2D eigenvalue weighted by molar-refractivity contribution is -0.118. The van der Waals surface area contributed by atoms with Gasteiger partial charge in [0, 0.05) is 75.2 Å². The smallest absolute Gasteiger partial charge is 0.407 e. The zero-order valence-electron chi connectivity index (χ0n) is 45.2. The van der Waals surface area contributed by atoms with E-state index in [-0.39, 0.29) is 23.7 Å². The molecule has 0 aliphatic heterocycles. The van der Waals surface area contributed by atoms with E-state index in [1.807, 2.05) is 148 Å². The maximum atomic E-state index is 11.8. The third-order valence-corrected chi connectivity index (χ3v) is 14.2. The van der Waals surface area contributed by atoms with Gasteiger partial charge in [-0.05, 0) is 96.0 Å². The van der Waals surface area contributed by atoms with Crippen molar-refractivity contribution in [2.24, 2.45) is 17.6 Å². The molecule has 8 aromatic rings. The van der Waals surface area contributed by atoms with Crippen molar-refractivity contribution < 1.29 is 28.7 Å². The third-order valence-electron chi connectivity index (χ3n) is 11.4. The summed E-state index contributed by atoms with van der Waals surface area (Å²) in [7, 11) is 0. The van der Waals surface area contributed by atoms with Crippen molar-refractivity contribution in [3.63, 3.8) is 0 Å². The van der Waals surface area contributed by atoms with E-state index in [1.54, 1.807) is 12.1 Å². The van der Waals surface area contributed by atoms with E-state index in [9.17, 15) is 19.2 Å². The SMILES string of the molecule is CC(C)(C)OC(=O)NCc1ccc(-c2csc(N)n2)cc1.CC(C)(C)OC(=O)NCc1ccc(-c2csc(NC(=O)C3CC3)n2)cc1.N#Cc1ccc(-c2csc(N)n2)cc1.NCc1ccc(-c2csc(NC(=O)C3CC3)n2)cc1. The number of hydrogen-bond acceptors (Lipinski definition) is 18. The molecule has 0 unspecified atom stereocenters. The number of nitrogens with one attached hydrogen (secondary N) is 4. The molecule has 2 aliphatic rings. The maximum Gasteiger partial charge on any atom is 0.407 e. The average molecular weight is 1150 g/mol. The van der Waals surface area contributed by atoms with Crippen molar-refractivity contribution in [2.45, 2.75) is 98.1 Å². The Morgan fingerprint density at radius 2 is 0.850 bits per heavy atom. The topological polar surface area (TPSA) is 288 Å². The summed E-state index contributed by atoms with van der Waals surface area (Å²) in [6.07, 6.45) is 3.11. The predicted octanol–water partition coefficient (Wildman–Crippen LogP) is 12.5. The standard InChI is InChI=1S/C19H23N3O3S.C15H19N3O2S.C14H15N3OS.C10H7N3S/c1-19(2,3)25-18(24)20-10-12-4-6-13(7-5-12)15-11-26-17(21-15)22-16(23)14-8-9-14;1-15(2,3)20-14(19)17-8-10-4-6-11(7-5-10)12-9-21-13(16)18-12;15-7-9-1-3-10(4-2-9)12-8-19-14(16-12)17-13(18)11-5-6-11;11-5-7-1-3-8(4-2-7)9-6-14-10(12)13-9/h4-7,11,14H,8-10H2,1-3H3,(H,20,24)(H,21,22,23);4-7,9H,8H2,1-3H3,(H2,16,18)(H,17,19);1-4,8,11H,5-7,15H2,(H,16,17,18);1-4,6H,(H2,12,13). The van der Waals surface area contributed by atoms with Crippen molar-refractivity contribution in [3.8, 4) is 51.1 Å². The van der Waals surface area contributed by atoms with Gasteiger partial charge in [-0.15, -0.1) is 45.3 Å². The monoisotopic (exact) mass is 1150 g/mol. The summed E-state index contributed by atoms with van der Waals surface area (Å²) in [5.74, 6) is 0.532. The summed E-state index contributed by atoms with van der Waals surface area (Å²) < 4.78 is 10.4. The van der Waals surface area contributed by atoms with Crippen LogP contribution in [0.15, 0.2) is 119 Å². The van der Waals surface area contributed by atoms with Crippen molar-refractivity contribution >= 4 is 89.9 Å². The molecule has 0 atom stereocenters. The highest BCUT2D eigenvalue weighted by molar-refractivity contribution is 7.15. The summed E-state index contributed by atoms with van der Waals surface area (Å²) in [6, 6.07) is 32.9. The van der Waals surface area contributed by atoms with Gasteiger partial charge in [-0.3, -0.25) is 9.59 Å². The number of nitrogens with zero attached hydrogens (tertiary/aromatic N) is 5. The Morgan fingerprint density at radius 1 is 0.525 bits per heavy atom. The highest BCUT2D eigenvalue weighted by atomic mass is 32.1. The quantitative estimate of drug-likeness (QED) is 0.0565. The lowest BCUT2D eigenvalue weighted by Gasteiger charge is -2.19. The second-order valence-corrected chi connectivity index (χ2v) is 23.9. The van der Waals surface area contributed by atoms with Gasteiger partial charge in [0.15, 0.2) is 20.5 Å². The first-order chi connectivity index (χ1) is 38.2. The van der Waals surface area contributed by atoms with Crippen molar-refractivity contribution in [1.82, 2.24) is 30.6 Å². The number of ether oxygens (including phenoxy) is 2. The lowest BCUT2D eigenvalue weighted by Crippen LogP contribution is -2.32. The molecule has 0 spiro atoms. The molecule has 4 aromatic heterocycles. The van der Waals surface area contributed by atoms with E-state index in [0.29, 0.717) is 45.7 Å². The molecular weight excluding hydrogens is 1090 g/mol. The zero-order valence-corrected chi connectivity index (χ0v) is 48.5. The van der Waals surface area contributed by atoms with Crippen LogP contribution >= 0.6 is 45.3 Å². The number of thiazole rings is 4. The van der Waals surface area contributed by atoms with Crippen LogP contribution in [0.5, 0.6) is 0 Å². The molecule has 4 aromatic carbocycles. The fourth-order valence-corrected chi connectivity index (χ4v) is 9.55. The molecule has 10 N–H and O–H groups in total. The third kappa shape index (κ3) is 19.7. The van der Waals surface area contributed by atoms with Crippen LogP contribution in [0.3, 0.4) is 0 Å². The molecule has 0 bridgehead atoms. The second-order valence-electron chi connectivity index (χ2n) is 20.4. The fourth-order valence-electron chi connectivity index (χ4n) is 6.96. The number of carbonyl (C=O) groups excluding carboxylic acids is 4. The Balaban J connectivity index is 0.000000157. The molecule has 4 amide bonds. The first kappa shape index (κ1) is 59.6. The van der Waals surface area contributed by atoms with E-state index < -0.39 is 23.4 Å². The van der Waals surface area contributed by atoms with Gasteiger partial charge in [-0.25, -0.2) is 29.5 Å². The van der Waals surface area contributed by atoms with Crippen LogP contribution in [-0.2, 0) is 38.7 Å². The number of nitrogens with two attached hydrogens (primary N) is 3. The van der Waals surface area contributed by atoms with Crippen LogP contribution < -0.4 is 38.5 Å². The number of rotatable bonds is 13. The predicted molar refractivity (Wildman–Crippen MR) is 320 cm³/mol. The summed E-state index contributed by atoms with van der Waals surface area (Å²) >= 11 is 5.71. The molecule has 4 heterocycles. The number of aromatic nitrogens is 4. The summed E-state index contributed by atoms with van der Waals surface area (Å²) in [4.78, 5) is 64.0. The van der Waals surface area contributed by atoms with Gasteiger partial charge >= 0.3 is 12.2 Å². The summed E-state index contributed by atoms with van der Waals surface area (Å²) in [6.45, 7) is 12.4. The van der Waals surface area contributed by atoms with Gasteiger partial charge in [0.05, 0.1) is 34.4 Å². The molecule has 0 radical (unpaired) electrons.